The molecule has 0 atom stereocenters. The first kappa shape index (κ1) is 11.6. The van der Waals surface area contributed by atoms with Crippen LogP contribution in [0.4, 0.5) is 5.69 Å². The number of nitro benzene ring substituents is 1. The molecule has 0 radical (unpaired) electrons. The van der Waals surface area contributed by atoms with Crippen molar-refractivity contribution in [2.75, 3.05) is 0 Å². The normalized spacial score (nSPS) is 9.40. The van der Waals surface area contributed by atoms with Crippen LogP contribution in [-0.4, -0.2) is 10.7 Å². The smallest absolute Gasteiger partial charge is 0.287 e. The Labute approximate surface area is 99.0 Å². The molecule has 6 heteroatoms. The van der Waals surface area contributed by atoms with Crippen molar-refractivity contribution < 1.29 is 9.72 Å². The summed E-state index contributed by atoms with van der Waals surface area (Å²) in [5.41, 5.74) is -0.380. The molecule has 0 bridgehead atoms. The molecule has 0 unspecified atom stereocenters. The fraction of sp³-hybridized carbons (Fsp3) is 0.111. The van der Waals surface area contributed by atoms with E-state index < -0.39 is 4.92 Å². The van der Waals surface area contributed by atoms with Crippen molar-refractivity contribution in [3.05, 3.63) is 36.9 Å². The van der Waals surface area contributed by atoms with E-state index in [0.29, 0.717) is 3.57 Å². The van der Waals surface area contributed by atoms with Crippen molar-refractivity contribution in [1.82, 2.24) is 0 Å². The van der Waals surface area contributed by atoms with E-state index in [4.69, 9.17) is 5.26 Å². The van der Waals surface area contributed by atoms with E-state index in [9.17, 15) is 14.9 Å². The number of ketones is 1. The van der Waals surface area contributed by atoms with Gasteiger partial charge in [0.25, 0.3) is 5.69 Å². The first-order chi connectivity index (χ1) is 6.99. The highest BCUT2D eigenvalue weighted by atomic mass is 127. The van der Waals surface area contributed by atoms with Crippen LogP contribution in [0.15, 0.2) is 12.1 Å². The zero-order valence-corrected chi connectivity index (χ0v) is 9.81. The van der Waals surface area contributed by atoms with E-state index in [1.54, 1.807) is 6.07 Å². The van der Waals surface area contributed by atoms with Crippen LogP contribution in [0.3, 0.4) is 0 Å². The molecule has 0 saturated heterocycles. The molecule has 1 aromatic carbocycles. The van der Waals surface area contributed by atoms with Crippen LogP contribution >= 0.6 is 22.6 Å². The van der Waals surface area contributed by atoms with Crippen molar-refractivity contribution in [2.24, 2.45) is 0 Å². The molecule has 5 nitrogen and oxygen atoms in total. The summed E-state index contributed by atoms with van der Waals surface area (Å²) in [6.45, 7) is 1.28. The van der Waals surface area contributed by atoms with E-state index in [0.717, 1.165) is 0 Å². The lowest BCUT2D eigenvalue weighted by Crippen LogP contribution is -2.04. The van der Waals surface area contributed by atoms with Gasteiger partial charge in [0.05, 0.1) is 10.5 Å². The lowest BCUT2D eigenvalue weighted by molar-refractivity contribution is -0.385. The molecule has 0 aromatic heterocycles. The standard InChI is InChI=1S/C9H5IN2O3/c1-5(13)9-6(4-11)8(12(14)15)3-2-7(9)10/h2-3H,1H3. The van der Waals surface area contributed by atoms with Crippen molar-refractivity contribution in [3.63, 3.8) is 0 Å². The Bertz CT molecular complexity index is 491. The SMILES string of the molecule is CC(=O)c1c(I)ccc([N+](=O)[O-])c1C#N. The summed E-state index contributed by atoms with van der Waals surface area (Å²) in [5, 5.41) is 19.4. The van der Waals surface area contributed by atoms with Gasteiger partial charge < -0.3 is 0 Å². The van der Waals surface area contributed by atoms with Gasteiger partial charge in [0.1, 0.15) is 11.6 Å². The Hall–Kier alpha value is -1.49. The first-order valence-electron chi connectivity index (χ1n) is 3.87. The third-order valence-electron chi connectivity index (χ3n) is 1.79. The quantitative estimate of drug-likeness (QED) is 0.363. The summed E-state index contributed by atoms with van der Waals surface area (Å²) in [4.78, 5) is 21.2. The van der Waals surface area contributed by atoms with Crippen LogP contribution in [-0.2, 0) is 0 Å². The summed E-state index contributed by atoms with van der Waals surface area (Å²) >= 11 is 1.87. The number of hydrogen-bond acceptors (Lipinski definition) is 4. The number of nitrogens with zero attached hydrogens (tertiary/aromatic N) is 2. The highest BCUT2D eigenvalue weighted by Crippen LogP contribution is 2.26. The van der Waals surface area contributed by atoms with Gasteiger partial charge in [-0.3, -0.25) is 14.9 Å². The van der Waals surface area contributed by atoms with Gasteiger partial charge >= 0.3 is 0 Å². The number of benzene rings is 1. The maximum Gasteiger partial charge on any atom is 0.287 e. The van der Waals surface area contributed by atoms with Crippen LogP contribution in [0, 0.1) is 25.0 Å². The molecule has 0 aliphatic rings. The van der Waals surface area contributed by atoms with Gasteiger partial charge in [0.15, 0.2) is 5.78 Å². The Balaban J connectivity index is 3.64. The molecule has 1 aromatic rings. The van der Waals surface area contributed by atoms with Crippen molar-refractivity contribution in [1.29, 1.82) is 5.26 Å². The monoisotopic (exact) mass is 316 g/mol. The zero-order valence-electron chi connectivity index (χ0n) is 7.65. The second-order valence-electron chi connectivity index (χ2n) is 2.74. The van der Waals surface area contributed by atoms with Crippen LogP contribution in [0.25, 0.3) is 0 Å². The van der Waals surface area contributed by atoms with E-state index in [-0.39, 0.29) is 22.6 Å². The summed E-state index contributed by atoms with van der Waals surface area (Å²) in [6, 6.07) is 4.38. The predicted molar refractivity (Wildman–Crippen MR) is 60.5 cm³/mol. The van der Waals surface area contributed by atoms with Gasteiger partial charge in [-0.15, -0.1) is 0 Å². The number of nitro groups is 1. The molecule has 0 aliphatic heterocycles. The number of nitriles is 1. The molecule has 76 valence electrons. The lowest BCUT2D eigenvalue weighted by atomic mass is 10.0. The average Bonchev–Trinajstić information content (AvgIpc) is 2.15. The predicted octanol–water partition coefficient (Wildman–Crippen LogP) is 2.27. The topological polar surface area (TPSA) is 84.0 Å². The van der Waals surface area contributed by atoms with Crippen LogP contribution < -0.4 is 0 Å². The minimum absolute atomic E-state index is 0.118. The molecule has 0 saturated carbocycles. The highest BCUT2D eigenvalue weighted by molar-refractivity contribution is 14.1. The van der Waals surface area contributed by atoms with Gasteiger partial charge in [0.2, 0.25) is 0 Å². The minimum Gasteiger partial charge on any atom is -0.294 e. The van der Waals surface area contributed by atoms with E-state index in [1.807, 2.05) is 22.6 Å². The second kappa shape index (κ2) is 4.35. The Morgan fingerprint density at radius 1 is 1.60 bits per heavy atom. The fourth-order valence-electron chi connectivity index (χ4n) is 1.18. The molecule has 0 fully saturated rings. The summed E-state index contributed by atoms with van der Waals surface area (Å²) in [5.74, 6) is -0.348. The summed E-state index contributed by atoms with van der Waals surface area (Å²) in [6.07, 6.45) is 0. The Morgan fingerprint density at radius 3 is 2.60 bits per heavy atom. The fourth-order valence-corrected chi connectivity index (χ4v) is 2.01. The largest absolute Gasteiger partial charge is 0.294 e. The maximum atomic E-state index is 11.2. The van der Waals surface area contributed by atoms with Gasteiger partial charge in [0, 0.05) is 9.64 Å². The van der Waals surface area contributed by atoms with Crippen molar-refractivity contribution in [3.8, 4) is 6.07 Å². The molecule has 0 spiro atoms. The van der Waals surface area contributed by atoms with Gasteiger partial charge in [-0.05, 0) is 35.6 Å². The molecule has 0 heterocycles. The molecule has 0 amide bonds. The number of halogens is 1. The number of hydrogen-bond donors (Lipinski definition) is 0. The van der Waals surface area contributed by atoms with E-state index >= 15 is 0 Å². The summed E-state index contributed by atoms with van der Waals surface area (Å²) < 4.78 is 0.544. The number of carbonyl (C=O) groups excluding carboxylic acids is 1. The van der Waals surface area contributed by atoms with E-state index in [2.05, 4.69) is 0 Å². The number of rotatable bonds is 2. The van der Waals surface area contributed by atoms with Crippen LogP contribution in [0.2, 0.25) is 0 Å². The molecular weight excluding hydrogens is 311 g/mol. The molecule has 15 heavy (non-hydrogen) atoms. The van der Waals surface area contributed by atoms with Gasteiger partial charge in [-0.2, -0.15) is 5.26 Å². The van der Waals surface area contributed by atoms with Gasteiger partial charge in [-0.25, -0.2) is 0 Å². The average molecular weight is 316 g/mol. The highest BCUT2D eigenvalue weighted by Gasteiger charge is 2.22. The molecule has 1 rings (SSSR count). The number of carbonyl (C=O) groups is 1. The second-order valence-corrected chi connectivity index (χ2v) is 3.90. The maximum absolute atomic E-state index is 11.2. The van der Waals surface area contributed by atoms with Crippen molar-refractivity contribution in [2.45, 2.75) is 6.92 Å². The lowest BCUT2D eigenvalue weighted by Gasteiger charge is -2.02. The zero-order chi connectivity index (χ0) is 11.6. The van der Waals surface area contributed by atoms with E-state index in [1.165, 1.54) is 19.1 Å². The van der Waals surface area contributed by atoms with Crippen LogP contribution in [0.1, 0.15) is 22.8 Å². The molecule has 0 N–H and O–H groups in total. The molecule has 0 aliphatic carbocycles. The minimum atomic E-state index is -0.666. The number of Topliss-reactive ketones (excluding diaryl/α,β-unsaturated/α-hetero) is 1. The third-order valence-corrected chi connectivity index (χ3v) is 2.69. The Kier molecular flexibility index (Phi) is 3.36. The van der Waals surface area contributed by atoms with Crippen LogP contribution in [0.5, 0.6) is 0 Å². The van der Waals surface area contributed by atoms with Crippen molar-refractivity contribution >= 4 is 34.1 Å². The van der Waals surface area contributed by atoms with Gasteiger partial charge in [-0.1, -0.05) is 0 Å². The Morgan fingerprint density at radius 2 is 2.20 bits per heavy atom. The third kappa shape index (κ3) is 2.12. The molecular formula is C9H5IN2O3. The summed E-state index contributed by atoms with van der Waals surface area (Å²) in [7, 11) is 0. The first-order valence-corrected chi connectivity index (χ1v) is 4.94.